The second-order valence-corrected chi connectivity index (χ2v) is 2.77. The zero-order valence-corrected chi connectivity index (χ0v) is 5.55. The van der Waals surface area contributed by atoms with E-state index in [9.17, 15) is 0 Å². The molecule has 0 saturated heterocycles. The van der Waals surface area contributed by atoms with Crippen LogP contribution in [-0.4, -0.2) is 12.6 Å². The lowest BCUT2D eigenvalue weighted by atomic mass is 10.1. The highest BCUT2D eigenvalue weighted by Gasteiger charge is 2.21. The summed E-state index contributed by atoms with van der Waals surface area (Å²) in [4.78, 5) is 4.52. The van der Waals surface area contributed by atoms with Crippen LogP contribution < -0.4 is 11.6 Å². The molecule has 0 aromatic heterocycles. The third kappa shape index (κ3) is 1.93. The molecule has 0 unspecified atom stereocenters. The summed E-state index contributed by atoms with van der Waals surface area (Å²) >= 11 is 0. The van der Waals surface area contributed by atoms with Gasteiger partial charge in [0, 0.05) is 6.04 Å². The second kappa shape index (κ2) is 3.15. The fourth-order valence-electron chi connectivity index (χ4n) is 1.40. The minimum atomic E-state index is 0.394. The van der Waals surface area contributed by atoms with Gasteiger partial charge in [-0.2, -0.15) is 0 Å². The number of hydrogen-bond acceptors (Lipinski definition) is 3. The molecule has 0 radical (unpaired) electrons. The molecular weight excluding hydrogens is 116 g/mol. The van der Waals surface area contributed by atoms with Gasteiger partial charge in [0.15, 0.2) is 0 Å². The molecule has 0 aromatic carbocycles. The minimum absolute atomic E-state index is 0.394. The summed E-state index contributed by atoms with van der Waals surface area (Å²) in [5, 5.41) is 0. The van der Waals surface area contributed by atoms with Gasteiger partial charge >= 0.3 is 0 Å². The van der Waals surface area contributed by atoms with E-state index in [-0.39, 0.29) is 0 Å². The first-order chi connectivity index (χ1) is 4.33. The van der Waals surface area contributed by atoms with E-state index >= 15 is 0 Å². The van der Waals surface area contributed by atoms with Crippen molar-refractivity contribution < 1.29 is 4.84 Å². The smallest absolute Gasteiger partial charge is 0.0708 e. The molecule has 3 heteroatoms. The monoisotopic (exact) mass is 130 g/mol. The van der Waals surface area contributed by atoms with Crippen LogP contribution in [0.4, 0.5) is 0 Å². The van der Waals surface area contributed by atoms with Crippen molar-refractivity contribution >= 4 is 0 Å². The Morgan fingerprint density at radius 1 is 1.44 bits per heavy atom. The maximum atomic E-state index is 5.66. The predicted molar refractivity (Wildman–Crippen MR) is 35.5 cm³/mol. The van der Waals surface area contributed by atoms with Gasteiger partial charge in [-0.3, -0.25) is 0 Å². The van der Waals surface area contributed by atoms with Gasteiger partial charge in [0.1, 0.15) is 0 Å². The van der Waals surface area contributed by atoms with Crippen molar-refractivity contribution in [2.24, 2.45) is 17.5 Å². The minimum Gasteiger partial charge on any atom is -0.328 e. The molecule has 1 fully saturated rings. The molecule has 0 aromatic rings. The number of nitrogens with two attached hydrogens (primary N) is 2. The van der Waals surface area contributed by atoms with E-state index in [4.69, 9.17) is 11.6 Å². The Kier molecular flexibility index (Phi) is 2.45. The average Bonchev–Trinajstić information content (AvgIpc) is 2.17. The molecular formula is C6H14N2O. The molecule has 0 bridgehead atoms. The van der Waals surface area contributed by atoms with Crippen molar-refractivity contribution in [3.63, 3.8) is 0 Å². The Morgan fingerprint density at radius 2 is 2.22 bits per heavy atom. The van der Waals surface area contributed by atoms with Gasteiger partial charge in [0.05, 0.1) is 6.61 Å². The summed E-state index contributed by atoms with van der Waals surface area (Å²) in [5.74, 6) is 5.53. The zero-order valence-electron chi connectivity index (χ0n) is 5.55. The third-order valence-corrected chi connectivity index (χ3v) is 1.91. The van der Waals surface area contributed by atoms with Crippen LogP contribution in [0.15, 0.2) is 0 Å². The van der Waals surface area contributed by atoms with Crippen molar-refractivity contribution in [3.05, 3.63) is 0 Å². The Hall–Kier alpha value is -0.120. The first kappa shape index (κ1) is 6.99. The van der Waals surface area contributed by atoms with E-state index in [1.165, 1.54) is 6.42 Å². The summed E-state index contributed by atoms with van der Waals surface area (Å²) in [6.07, 6.45) is 3.39. The Bertz CT molecular complexity index is 85.1. The summed E-state index contributed by atoms with van der Waals surface area (Å²) in [5.41, 5.74) is 5.66. The van der Waals surface area contributed by atoms with Gasteiger partial charge in [-0.05, 0) is 25.2 Å². The van der Waals surface area contributed by atoms with E-state index in [1.54, 1.807) is 0 Å². The summed E-state index contributed by atoms with van der Waals surface area (Å²) in [6.45, 7) is 0.674. The Labute approximate surface area is 55.3 Å². The van der Waals surface area contributed by atoms with E-state index in [1.807, 2.05) is 0 Å². The summed E-state index contributed by atoms with van der Waals surface area (Å²) in [6, 6.07) is 0.394. The third-order valence-electron chi connectivity index (χ3n) is 1.91. The first-order valence-corrected chi connectivity index (χ1v) is 3.40. The topological polar surface area (TPSA) is 61.3 Å². The highest BCUT2D eigenvalue weighted by Crippen LogP contribution is 2.23. The number of hydrogen-bond donors (Lipinski definition) is 2. The molecule has 1 saturated carbocycles. The first-order valence-electron chi connectivity index (χ1n) is 3.40. The van der Waals surface area contributed by atoms with Crippen LogP contribution in [0.1, 0.15) is 19.3 Å². The van der Waals surface area contributed by atoms with Crippen LogP contribution in [-0.2, 0) is 4.84 Å². The van der Waals surface area contributed by atoms with Crippen molar-refractivity contribution in [1.29, 1.82) is 0 Å². The van der Waals surface area contributed by atoms with E-state index in [0.29, 0.717) is 18.6 Å². The lowest BCUT2D eigenvalue weighted by molar-refractivity contribution is 0.103. The lowest BCUT2D eigenvalue weighted by Crippen LogP contribution is -2.17. The molecule has 3 nitrogen and oxygen atoms in total. The molecule has 1 aliphatic rings. The van der Waals surface area contributed by atoms with Gasteiger partial charge in [0.25, 0.3) is 0 Å². The summed E-state index contributed by atoms with van der Waals surface area (Å²) in [7, 11) is 0. The fourth-order valence-corrected chi connectivity index (χ4v) is 1.40. The molecule has 1 rings (SSSR count). The average molecular weight is 130 g/mol. The van der Waals surface area contributed by atoms with Crippen molar-refractivity contribution in [2.75, 3.05) is 6.61 Å². The van der Waals surface area contributed by atoms with Gasteiger partial charge in [0.2, 0.25) is 0 Å². The van der Waals surface area contributed by atoms with Crippen molar-refractivity contribution in [1.82, 2.24) is 0 Å². The maximum Gasteiger partial charge on any atom is 0.0708 e. The number of rotatable bonds is 2. The predicted octanol–water partition coefficient (Wildman–Crippen LogP) is 0.00410. The highest BCUT2D eigenvalue weighted by molar-refractivity contribution is 4.76. The molecule has 4 N–H and O–H groups in total. The van der Waals surface area contributed by atoms with Crippen LogP contribution in [0.2, 0.25) is 0 Å². The maximum absolute atomic E-state index is 5.66. The van der Waals surface area contributed by atoms with Crippen molar-refractivity contribution in [3.8, 4) is 0 Å². The second-order valence-electron chi connectivity index (χ2n) is 2.77. The van der Waals surface area contributed by atoms with E-state index in [2.05, 4.69) is 4.84 Å². The SMILES string of the molecule is NOC[C@H]1CC[C@@H](N)C1. The van der Waals surface area contributed by atoms with Crippen LogP contribution in [0.5, 0.6) is 0 Å². The molecule has 0 heterocycles. The van der Waals surface area contributed by atoms with Gasteiger partial charge in [-0.25, -0.2) is 5.90 Å². The molecule has 2 atom stereocenters. The van der Waals surface area contributed by atoms with E-state index in [0.717, 1.165) is 12.8 Å². The standard InChI is InChI=1S/C6H14N2O/c7-6-2-1-5(3-6)4-9-8/h5-6H,1-4,7-8H2/t5-,6+/m0/s1. The van der Waals surface area contributed by atoms with E-state index < -0.39 is 0 Å². The molecule has 0 amide bonds. The van der Waals surface area contributed by atoms with Gasteiger partial charge < -0.3 is 10.6 Å². The zero-order chi connectivity index (χ0) is 6.69. The molecule has 9 heavy (non-hydrogen) atoms. The highest BCUT2D eigenvalue weighted by atomic mass is 16.6. The van der Waals surface area contributed by atoms with Crippen LogP contribution >= 0.6 is 0 Å². The van der Waals surface area contributed by atoms with Gasteiger partial charge in [-0.15, -0.1) is 0 Å². The molecule has 0 spiro atoms. The lowest BCUT2D eigenvalue weighted by Gasteiger charge is -2.05. The Balaban J connectivity index is 2.14. The fraction of sp³-hybridized carbons (Fsp3) is 1.00. The molecule has 1 aliphatic carbocycles. The molecule has 0 aliphatic heterocycles. The Morgan fingerprint density at radius 3 is 2.67 bits per heavy atom. The normalized spacial score (nSPS) is 35.3. The van der Waals surface area contributed by atoms with Crippen LogP contribution in [0.3, 0.4) is 0 Å². The van der Waals surface area contributed by atoms with Crippen LogP contribution in [0.25, 0.3) is 0 Å². The van der Waals surface area contributed by atoms with Crippen molar-refractivity contribution in [2.45, 2.75) is 25.3 Å². The molecule has 54 valence electrons. The van der Waals surface area contributed by atoms with Crippen LogP contribution in [0, 0.1) is 5.92 Å². The van der Waals surface area contributed by atoms with Gasteiger partial charge in [-0.1, -0.05) is 0 Å². The summed E-state index contributed by atoms with van der Waals surface area (Å²) < 4.78 is 0. The quantitative estimate of drug-likeness (QED) is 0.517. The largest absolute Gasteiger partial charge is 0.328 e.